The Hall–Kier alpha value is -4.41. The largest absolute Gasteiger partial charge is 0.484 e. The fraction of sp³-hybridized carbons (Fsp3) is 0.233. The van der Waals surface area contributed by atoms with Crippen LogP contribution in [0.25, 0.3) is 22.3 Å². The summed E-state index contributed by atoms with van der Waals surface area (Å²) >= 11 is 0. The first-order chi connectivity index (χ1) is 18.1. The minimum Gasteiger partial charge on any atom is -0.484 e. The molecule has 4 aromatic rings. The monoisotopic (exact) mass is 493 g/mol. The molecular weight excluding hydrogens is 466 g/mol. The highest BCUT2D eigenvalue weighted by Gasteiger charge is 2.21. The van der Waals surface area contributed by atoms with Gasteiger partial charge in [-0.05, 0) is 66.9 Å². The predicted octanol–water partition coefficient (Wildman–Crippen LogP) is 4.49. The molecule has 1 amide bonds. The van der Waals surface area contributed by atoms with Crippen LogP contribution in [0.3, 0.4) is 0 Å². The van der Waals surface area contributed by atoms with Crippen LogP contribution in [0.2, 0.25) is 0 Å². The second-order valence-corrected chi connectivity index (χ2v) is 9.21. The average molecular weight is 494 g/mol. The van der Waals surface area contributed by atoms with Gasteiger partial charge < -0.3 is 14.5 Å². The van der Waals surface area contributed by atoms with E-state index in [1.54, 1.807) is 24.3 Å². The van der Waals surface area contributed by atoms with Crippen LogP contribution in [0.4, 0.5) is 0 Å². The fourth-order valence-corrected chi connectivity index (χ4v) is 4.56. The number of nitrogens with zero attached hydrogens (tertiary/aromatic N) is 2. The normalized spacial score (nSPS) is 14.2. The lowest BCUT2D eigenvalue weighted by atomic mass is 10.0. The number of fused-ring (bicyclic) bond motifs is 1. The number of benzene rings is 3. The molecule has 1 saturated heterocycles. The van der Waals surface area contributed by atoms with Crippen LogP contribution >= 0.6 is 0 Å². The van der Waals surface area contributed by atoms with Crippen molar-refractivity contribution in [2.75, 3.05) is 19.7 Å². The summed E-state index contributed by atoms with van der Waals surface area (Å²) in [7, 11) is 0. The zero-order valence-electron chi connectivity index (χ0n) is 20.4. The number of carbonyl (C=O) groups excluding carboxylic acids is 1. The Morgan fingerprint density at radius 1 is 1.03 bits per heavy atom. The maximum atomic E-state index is 12.4. The van der Waals surface area contributed by atoms with E-state index in [1.165, 1.54) is 11.6 Å². The van der Waals surface area contributed by atoms with Crippen molar-refractivity contribution in [3.63, 3.8) is 0 Å². The molecule has 0 bridgehead atoms. The van der Waals surface area contributed by atoms with E-state index < -0.39 is 0 Å². The van der Waals surface area contributed by atoms with Gasteiger partial charge in [-0.15, -0.1) is 0 Å². The van der Waals surface area contributed by atoms with Gasteiger partial charge in [0.15, 0.2) is 12.0 Å². The van der Waals surface area contributed by atoms with Gasteiger partial charge in [-0.1, -0.05) is 24.3 Å². The molecule has 7 nitrogen and oxygen atoms in total. The van der Waals surface area contributed by atoms with Crippen LogP contribution in [0.1, 0.15) is 24.0 Å². The molecule has 5 rings (SSSR count). The van der Waals surface area contributed by atoms with Crippen LogP contribution in [0, 0.1) is 11.3 Å². The molecule has 1 N–H and O–H groups in total. The number of nitriles is 1. The molecular formula is C30H27N3O4. The number of amides is 1. The minimum atomic E-state index is -0.143. The zero-order valence-corrected chi connectivity index (χ0v) is 20.4. The highest BCUT2D eigenvalue weighted by Crippen LogP contribution is 2.24. The van der Waals surface area contributed by atoms with Gasteiger partial charge in [0.2, 0.25) is 0 Å². The van der Waals surface area contributed by atoms with Crippen LogP contribution < -0.4 is 15.5 Å². The number of rotatable bonds is 7. The van der Waals surface area contributed by atoms with Crippen LogP contribution in [0.15, 0.2) is 88.1 Å². The van der Waals surface area contributed by atoms with Crippen LogP contribution in [-0.2, 0) is 11.3 Å². The van der Waals surface area contributed by atoms with Crippen molar-refractivity contribution in [1.29, 1.82) is 5.26 Å². The Bertz CT molecular complexity index is 1480. The Morgan fingerprint density at radius 2 is 1.76 bits per heavy atom. The highest BCUT2D eigenvalue weighted by molar-refractivity contribution is 5.79. The Morgan fingerprint density at radius 3 is 2.49 bits per heavy atom. The Balaban J connectivity index is 1.08. The maximum absolute atomic E-state index is 12.4. The molecule has 1 aliphatic rings. The summed E-state index contributed by atoms with van der Waals surface area (Å²) < 4.78 is 11.6. The summed E-state index contributed by atoms with van der Waals surface area (Å²) in [4.78, 5) is 27.2. The number of carbonyl (C=O) groups is 1. The van der Waals surface area contributed by atoms with Gasteiger partial charge in [-0.3, -0.25) is 14.5 Å². The fourth-order valence-electron chi connectivity index (χ4n) is 4.56. The van der Waals surface area contributed by atoms with Gasteiger partial charge in [0.05, 0.1) is 17.0 Å². The third kappa shape index (κ3) is 6.05. The molecule has 2 heterocycles. The second-order valence-electron chi connectivity index (χ2n) is 9.21. The average Bonchev–Trinajstić information content (AvgIpc) is 2.94. The van der Waals surface area contributed by atoms with Crippen molar-refractivity contribution >= 4 is 16.9 Å². The number of para-hydroxylation sites is 1. The first kappa shape index (κ1) is 24.3. The van der Waals surface area contributed by atoms with E-state index in [-0.39, 0.29) is 24.0 Å². The van der Waals surface area contributed by atoms with Crippen LogP contribution in [-0.4, -0.2) is 36.5 Å². The molecule has 0 saturated carbocycles. The molecule has 37 heavy (non-hydrogen) atoms. The van der Waals surface area contributed by atoms with E-state index in [0.29, 0.717) is 28.0 Å². The zero-order chi connectivity index (χ0) is 25.6. The number of hydrogen-bond donors (Lipinski definition) is 1. The Kier molecular flexibility index (Phi) is 7.29. The number of nitrogens with one attached hydrogen (secondary N) is 1. The topological polar surface area (TPSA) is 95.6 Å². The lowest BCUT2D eigenvalue weighted by Crippen LogP contribution is -2.45. The lowest BCUT2D eigenvalue weighted by molar-refractivity contribution is -0.124. The summed E-state index contributed by atoms with van der Waals surface area (Å²) in [5.41, 5.74) is 3.06. The summed E-state index contributed by atoms with van der Waals surface area (Å²) in [5, 5.41) is 12.6. The van der Waals surface area contributed by atoms with E-state index in [4.69, 9.17) is 14.4 Å². The molecule has 1 aliphatic heterocycles. The molecule has 0 aliphatic carbocycles. The van der Waals surface area contributed by atoms with Crippen molar-refractivity contribution < 1.29 is 13.9 Å². The number of piperidine rings is 1. The second kappa shape index (κ2) is 11.1. The van der Waals surface area contributed by atoms with Gasteiger partial charge in [0, 0.05) is 37.3 Å². The standard InChI is InChI=1S/C30H27N3O4/c31-18-21-5-7-22(8-6-21)19-33-15-13-24(14-16-33)32-30(35)20-36-25-11-9-23(10-12-25)29-17-27(34)26-3-1-2-4-28(26)37-29/h1-12,17,24H,13-16,19-20H2,(H,32,35). The molecule has 3 aromatic carbocycles. The summed E-state index contributed by atoms with van der Waals surface area (Å²) in [6.07, 6.45) is 1.77. The molecule has 0 spiro atoms. The van der Waals surface area contributed by atoms with Gasteiger partial charge in [-0.25, -0.2) is 0 Å². The van der Waals surface area contributed by atoms with Crippen molar-refractivity contribution in [3.8, 4) is 23.1 Å². The van der Waals surface area contributed by atoms with Gasteiger partial charge in [0.25, 0.3) is 5.91 Å². The van der Waals surface area contributed by atoms with E-state index in [1.807, 2.05) is 48.5 Å². The van der Waals surface area contributed by atoms with Gasteiger partial charge in [0.1, 0.15) is 17.1 Å². The highest BCUT2D eigenvalue weighted by atomic mass is 16.5. The number of ether oxygens (including phenoxy) is 1. The third-order valence-corrected chi connectivity index (χ3v) is 6.59. The predicted molar refractivity (Wildman–Crippen MR) is 141 cm³/mol. The van der Waals surface area contributed by atoms with Gasteiger partial charge >= 0.3 is 0 Å². The van der Waals surface area contributed by atoms with E-state index in [2.05, 4.69) is 16.3 Å². The summed E-state index contributed by atoms with van der Waals surface area (Å²) in [6, 6.07) is 25.7. The first-order valence-corrected chi connectivity index (χ1v) is 12.3. The van der Waals surface area contributed by atoms with Crippen molar-refractivity contribution in [3.05, 3.63) is 100 Å². The molecule has 1 fully saturated rings. The number of likely N-dealkylation sites (tertiary alicyclic amines) is 1. The molecule has 1 aromatic heterocycles. The summed E-state index contributed by atoms with van der Waals surface area (Å²) in [5.74, 6) is 0.910. The van der Waals surface area contributed by atoms with E-state index >= 15 is 0 Å². The third-order valence-electron chi connectivity index (χ3n) is 6.59. The minimum absolute atomic E-state index is 0.0597. The van der Waals surface area contributed by atoms with E-state index in [0.717, 1.165) is 38.0 Å². The maximum Gasteiger partial charge on any atom is 0.258 e. The quantitative estimate of drug-likeness (QED) is 0.408. The molecule has 186 valence electrons. The number of hydrogen-bond acceptors (Lipinski definition) is 6. The first-order valence-electron chi connectivity index (χ1n) is 12.3. The van der Waals surface area contributed by atoms with Crippen molar-refractivity contribution in [1.82, 2.24) is 10.2 Å². The van der Waals surface area contributed by atoms with Crippen LogP contribution in [0.5, 0.6) is 5.75 Å². The van der Waals surface area contributed by atoms with E-state index in [9.17, 15) is 9.59 Å². The van der Waals surface area contributed by atoms with Crippen molar-refractivity contribution in [2.45, 2.75) is 25.4 Å². The Labute approximate surface area is 214 Å². The molecule has 0 unspecified atom stereocenters. The smallest absolute Gasteiger partial charge is 0.258 e. The molecule has 0 atom stereocenters. The summed E-state index contributed by atoms with van der Waals surface area (Å²) in [6.45, 7) is 2.58. The molecule has 0 radical (unpaired) electrons. The van der Waals surface area contributed by atoms with Gasteiger partial charge in [-0.2, -0.15) is 5.26 Å². The lowest BCUT2D eigenvalue weighted by Gasteiger charge is -2.32. The SMILES string of the molecule is N#Cc1ccc(CN2CCC(NC(=O)COc3ccc(-c4cc(=O)c5ccccc5o4)cc3)CC2)cc1. The molecule has 7 heteroatoms. The van der Waals surface area contributed by atoms with Crippen molar-refractivity contribution in [2.24, 2.45) is 0 Å².